The van der Waals surface area contributed by atoms with E-state index in [2.05, 4.69) is 25.7 Å². The molecule has 0 bridgehead atoms. The number of fused-ring (bicyclic) bond motifs is 5. The molecule has 1 N–H and O–H groups in total. The predicted molar refractivity (Wildman–Crippen MR) is 164 cm³/mol. The number of ether oxygens (including phenoxy) is 2. The van der Waals surface area contributed by atoms with E-state index in [-0.39, 0.29) is 24.7 Å². The zero-order valence-corrected chi connectivity index (χ0v) is 25.9. The van der Waals surface area contributed by atoms with Crippen molar-refractivity contribution < 1.29 is 24.2 Å². The first-order valence-corrected chi connectivity index (χ1v) is 15.5. The molecule has 3 aromatic rings. The number of hydrogen-bond acceptors (Lipinski definition) is 8. The molecule has 0 spiro atoms. The SMILES string of the molecule is CCCCN(CCN(CC)CC)C(=O)Oc1ccc2nc3c(c(CC)c2c1)Cn1c-3cc2c(c1=O)COC(=O)[C@]2(O)CC. The monoisotopic (exact) mass is 590 g/mol. The highest BCUT2D eigenvalue weighted by molar-refractivity contribution is 5.90. The number of esters is 1. The summed E-state index contributed by atoms with van der Waals surface area (Å²) >= 11 is 0. The van der Waals surface area contributed by atoms with Gasteiger partial charge in [0.05, 0.1) is 29.0 Å². The van der Waals surface area contributed by atoms with Crippen LogP contribution in [0.25, 0.3) is 22.3 Å². The molecule has 10 heteroatoms. The highest BCUT2D eigenvalue weighted by Gasteiger charge is 2.45. The molecule has 0 saturated carbocycles. The normalized spacial score (nSPS) is 17.0. The lowest BCUT2D eigenvalue weighted by Gasteiger charge is -2.31. The summed E-state index contributed by atoms with van der Waals surface area (Å²) in [6, 6.07) is 7.18. The molecule has 43 heavy (non-hydrogen) atoms. The van der Waals surface area contributed by atoms with Gasteiger partial charge in [0.1, 0.15) is 12.4 Å². The van der Waals surface area contributed by atoms with Crippen LogP contribution in [-0.4, -0.2) is 69.2 Å². The number of pyridine rings is 2. The first kappa shape index (κ1) is 30.7. The van der Waals surface area contributed by atoms with Gasteiger partial charge in [-0.3, -0.25) is 4.79 Å². The third-order valence-electron chi connectivity index (χ3n) is 8.96. The predicted octanol–water partition coefficient (Wildman–Crippen LogP) is 4.58. The minimum absolute atomic E-state index is 0.0901. The lowest BCUT2D eigenvalue weighted by atomic mass is 9.86. The number of carbonyl (C=O) groups excluding carboxylic acids is 2. The molecule has 0 unspecified atom stereocenters. The Balaban J connectivity index is 1.50. The van der Waals surface area contributed by atoms with E-state index in [0.29, 0.717) is 59.8 Å². The second-order valence-corrected chi connectivity index (χ2v) is 11.3. The molecule has 10 nitrogen and oxygen atoms in total. The van der Waals surface area contributed by atoms with Gasteiger partial charge in [-0.25, -0.2) is 14.6 Å². The molecule has 1 atom stereocenters. The van der Waals surface area contributed by atoms with E-state index in [1.54, 1.807) is 28.5 Å². The van der Waals surface area contributed by atoms with Crippen LogP contribution in [0.4, 0.5) is 4.79 Å². The molecule has 230 valence electrons. The number of carbonyl (C=O) groups is 2. The maximum Gasteiger partial charge on any atom is 0.415 e. The molecule has 0 radical (unpaired) electrons. The standard InChI is InChI=1S/C33H42N4O6/c1-6-11-14-36(16-15-35(9-4)10-5)32(40)43-21-12-13-27-23(17-21)22(7-2)24-19-37-28(29(24)34-27)18-26-25(30(37)38)20-42-31(39)33(26,41)8-3/h12-13,17-18,41H,6-11,14-16,19-20H2,1-5H3/t33-/m0/s1. The van der Waals surface area contributed by atoms with Crippen LogP contribution < -0.4 is 10.3 Å². The maximum atomic E-state index is 13.6. The lowest BCUT2D eigenvalue weighted by Crippen LogP contribution is -2.44. The maximum absolute atomic E-state index is 13.6. The minimum Gasteiger partial charge on any atom is -0.458 e. The van der Waals surface area contributed by atoms with Crippen molar-refractivity contribution in [1.29, 1.82) is 0 Å². The van der Waals surface area contributed by atoms with E-state index in [9.17, 15) is 19.5 Å². The zero-order chi connectivity index (χ0) is 30.9. The van der Waals surface area contributed by atoms with Crippen molar-refractivity contribution in [3.8, 4) is 17.1 Å². The van der Waals surface area contributed by atoms with Crippen LogP contribution in [0.1, 0.15) is 76.1 Å². The van der Waals surface area contributed by atoms with Crippen LogP contribution >= 0.6 is 0 Å². The molecule has 0 saturated heterocycles. The van der Waals surface area contributed by atoms with Crippen LogP contribution in [0, 0.1) is 0 Å². The molecule has 0 aliphatic carbocycles. The first-order valence-electron chi connectivity index (χ1n) is 15.5. The van der Waals surface area contributed by atoms with Crippen molar-refractivity contribution in [3.63, 3.8) is 0 Å². The van der Waals surface area contributed by atoms with E-state index in [1.165, 1.54) is 0 Å². The molecule has 0 fully saturated rings. The number of unbranched alkanes of at least 4 members (excludes halogenated alkanes) is 1. The Morgan fingerprint density at radius 2 is 1.84 bits per heavy atom. The van der Waals surface area contributed by atoms with Crippen LogP contribution in [0.5, 0.6) is 5.75 Å². The zero-order valence-electron chi connectivity index (χ0n) is 25.9. The Labute approximate surface area is 252 Å². The highest BCUT2D eigenvalue weighted by atomic mass is 16.6. The molecule has 1 amide bonds. The van der Waals surface area contributed by atoms with Gasteiger partial charge < -0.3 is 28.9 Å². The number of aliphatic hydroxyl groups is 1. The van der Waals surface area contributed by atoms with Gasteiger partial charge in [0.2, 0.25) is 0 Å². The summed E-state index contributed by atoms with van der Waals surface area (Å²) in [6.45, 7) is 14.1. The molecule has 4 heterocycles. The number of rotatable bonds is 11. The average Bonchev–Trinajstić information content (AvgIpc) is 3.38. The second-order valence-electron chi connectivity index (χ2n) is 11.3. The minimum atomic E-state index is -1.87. The van der Waals surface area contributed by atoms with Crippen LogP contribution in [-0.2, 0) is 34.7 Å². The fourth-order valence-electron chi connectivity index (χ4n) is 6.22. The van der Waals surface area contributed by atoms with Gasteiger partial charge in [-0.15, -0.1) is 0 Å². The summed E-state index contributed by atoms with van der Waals surface area (Å²) < 4.78 is 12.7. The smallest absolute Gasteiger partial charge is 0.415 e. The van der Waals surface area contributed by atoms with Gasteiger partial charge in [0.25, 0.3) is 5.56 Å². The number of nitrogens with zero attached hydrogens (tertiary/aromatic N) is 4. The van der Waals surface area contributed by atoms with Crippen molar-refractivity contribution in [1.82, 2.24) is 19.4 Å². The van der Waals surface area contributed by atoms with E-state index in [1.807, 2.05) is 19.1 Å². The fourth-order valence-corrected chi connectivity index (χ4v) is 6.22. The summed E-state index contributed by atoms with van der Waals surface area (Å²) in [5.41, 5.74) is 2.31. The number of hydrogen-bond donors (Lipinski definition) is 1. The van der Waals surface area contributed by atoms with Crippen LogP contribution in [0.15, 0.2) is 29.1 Å². The Morgan fingerprint density at radius 3 is 2.51 bits per heavy atom. The molecule has 5 rings (SSSR count). The van der Waals surface area contributed by atoms with Gasteiger partial charge in [0, 0.05) is 36.1 Å². The van der Waals surface area contributed by atoms with Gasteiger partial charge in [-0.1, -0.05) is 41.0 Å². The molecule has 2 aliphatic heterocycles. The topological polar surface area (TPSA) is 114 Å². The summed E-state index contributed by atoms with van der Waals surface area (Å²) in [4.78, 5) is 48.4. The number of amides is 1. The average molecular weight is 591 g/mol. The molecular weight excluding hydrogens is 548 g/mol. The van der Waals surface area contributed by atoms with Gasteiger partial charge in [-0.2, -0.15) is 0 Å². The number of cyclic esters (lactones) is 1. The van der Waals surface area contributed by atoms with E-state index in [0.717, 1.165) is 49.0 Å². The Kier molecular flexibility index (Phi) is 8.89. The molecule has 1 aromatic carbocycles. The number of likely N-dealkylation sites (N-methyl/N-ethyl adjacent to an activating group) is 1. The third-order valence-corrected chi connectivity index (χ3v) is 8.96. The van der Waals surface area contributed by atoms with Crippen molar-refractivity contribution in [2.24, 2.45) is 0 Å². The molecule has 2 aliphatic rings. The Bertz CT molecular complexity index is 1610. The largest absolute Gasteiger partial charge is 0.458 e. The number of aromatic nitrogens is 2. The third kappa shape index (κ3) is 5.42. The summed E-state index contributed by atoms with van der Waals surface area (Å²) in [6.07, 6.45) is 2.29. The van der Waals surface area contributed by atoms with Crippen molar-refractivity contribution in [2.75, 3.05) is 32.7 Å². The molecule has 2 aromatic heterocycles. The fraction of sp³-hybridized carbons (Fsp3) is 0.515. The summed E-state index contributed by atoms with van der Waals surface area (Å²) in [5.74, 6) is -0.292. The van der Waals surface area contributed by atoms with Gasteiger partial charge in [-0.05, 0) is 62.2 Å². The second kappa shape index (κ2) is 12.5. The summed E-state index contributed by atoms with van der Waals surface area (Å²) in [5, 5.41) is 12.0. The van der Waals surface area contributed by atoms with Gasteiger partial charge in [0.15, 0.2) is 5.60 Å². The first-order chi connectivity index (χ1) is 20.7. The molecular formula is C33H42N4O6. The van der Waals surface area contributed by atoms with Crippen molar-refractivity contribution in [3.05, 3.63) is 56.9 Å². The number of benzene rings is 1. The number of aryl methyl sites for hydroxylation is 1. The Hall–Kier alpha value is -3.76. The van der Waals surface area contributed by atoms with Crippen molar-refractivity contribution >= 4 is 23.0 Å². The van der Waals surface area contributed by atoms with Crippen molar-refractivity contribution in [2.45, 2.75) is 79.1 Å². The van der Waals surface area contributed by atoms with Gasteiger partial charge >= 0.3 is 12.1 Å². The van der Waals surface area contributed by atoms with E-state index < -0.39 is 11.6 Å². The Morgan fingerprint density at radius 1 is 1.07 bits per heavy atom. The summed E-state index contributed by atoms with van der Waals surface area (Å²) in [7, 11) is 0. The van der Waals surface area contributed by atoms with E-state index in [4.69, 9.17) is 14.5 Å². The van der Waals surface area contributed by atoms with Crippen LogP contribution in [0.3, 0.4) is 0 Å². The van der Waals surface area contributed by atoms with E-state index >= 15 is 0 Å². The quantitative estimate of drug-likeness (QED) is 0.253. The van der Waals surface area contributed by atoms with Crippen LogP contribution in [0.2, 0.25) is 0 Å². The lowest BCUT2D eigenvalue weighted by molar-refractivity contribution is -0.172. The highest BCUT2D eigenvalue weighted by Crippen LogP contribution is 2.40.